The van der Waals surface area contributed by atoms with Gasteiger partial charge in [0.1, 0.15) is 5.75 Å². The molecular formula is C17H26N2O2. The zero-order chi connectivity index (χ0) is 14.9. The maximum absolute atomic E-state index is 12.1. The van der Waals surface area contributed by atoms with Crippen molar-refractivity contribution in [1.29, 1.82) is 0 Å². The Hall–Kier alpha value is -1.71. The van der Waals surface area contributed by atoms with Crippen LogP contribution in [-0.4, -0.2) is 37.0 Å². The van der Waals surface area contributed by atoms with Crippen LogP contribution in [0.4, 0.5) is 5.69 Å². The minimum absolute atomic E-state index is 0.273. The topological polar surface area (TPSA) is 41.6 Å². The lowest BCUT2D eigenvalue weighted by molar-refractivity contribution is -0.130. The minimum atomic E-state index is 0.273. The lowest BCUT2D eigenvalue weighted by atomic mass is 10.2. The average Bonchev–Trinajstić information content (AvgIpc) is 2.78. The summed E-state index contributed by atoms with van der Waals surface area (Å²) >= 11 is 0. The molecule has 1 heterocycles. The van der Waals surface area contributed by atoms with Crippen molar-refractivity contribution in [2.45, 2.75) is 39.0 Å². The number of amides is 1. The van der Waals surface area contributed by atoms with Gasteiger partial charge in [0.25, 0.3) is 0 Å². The molecule has 1 N–H and O–H groups in total. The summed E-state index contributed by atoms with van der Waals surface area (Å²) in [6.07, 6.45) is 5.38. The lowest BCUT2D eigenvalue weighted by Gasteiger charge is -2.20. The molecule has 0 bridgehead atoms. The van der Waals surface area contributed by atoms with Crippen molar-refractivity contribution in [2.75, 3.05) is 31.6 Å². The molecule has 1 aromatic rings. The van der Waals surface area contributed by atoms with Gasteiger partial charge in [-0.25, -0.2) is 0 Å². The smallest absolute Gasteiger partial charge is 0.224 e. The van der Waals surface area contributed by atoms with Gasteiger partial charge in [-0.1, -0.05) is 12.8 Å². The number of hydrogen-bond donors (Lipinski definition) is 1. The van der Waals surface area contributed by atoms with E-state index < -0.39 is 0 Å². The summed E-state index contributed by atoms with van der Waals surface area (Å²) in [5, 5.41) is 3.30. The van der Waals surface area contributed by atoms with Crippen LogP contribution in [0.5, 0.6) is 5.75 Å². The summed E-state index contributed by atoms with van der Waals surface area (Å²) in [6.45, 7) is 5.20. The second-order valence-electron chi connectivity index (χ2n) is 5.43. The fourth-order valence-corrected chi connectivity index (χ4v) is 2.63. The SMILES string of the molecule is CCOc1ccc(NCCC(=O)N2CCCCCC2)cc1. The van der Waals surface area contributed by atoms with E-state index in [9.17, 15) is 4.79 Å². The number of carbonyl (C=O) groups is 1. The van der Waals surface area contributed by atoms with Gasteiger partial charge < -0.3 is 15.0 Å². The fraction of sp³-hybridized carbons (Fsp3) is 0.588. The number of ether oxygens (including phenoxy) is 1. The van der Waals surface area contributed by atoms with Gasteiger partial charge in [0.2, 0.25) is 5.91 Å². The number of likely N-dealkylation sites (tertiary alicyclic amines) is 1. The monoisotopic (exact) mass is 290 g/mol. The zero-order valence-electron chi connectivity index (χ0n) is 12.9. The molecular weight excluding hydrogens is 264 g/mol. The third-order valence-electron chi connectivity index (χ3n) is 3.79. The predicted octanol–water partition coefficient (Wildman–Crippen LogP) is 3.29. The first-order valence-corrected chi connectivity index (χ1v) is 8.04. The molecule has 1 aliphatic heterocycles. The molecule has 4 nitrogen and oxygen atoms in total. The number of rotatable bonds is 6. The summed E-state index contributed by atoms with van der Waals surface area (Å²) in [5.74, 6) is 1.15. The molecule has 116 valence electrons. The average molecular weight is 290 g/mol. The number of hydrogen-bond acceptors (Lipinski definition) is 3. The first-order valence-electron chi connectivity index (χ1n) is 8.04. The van der Waals surface area contributed by atoms with Gasteiger partial charge in [0.05, 0.1) is 6.61 Å². The first-order chi connectivity index (χ1) is 10.3. The third kappa shape index (κ3) is 5.29. The first kappa shape index (κ1) is 15.7. The number of anilines is 1. The van der Waals surface area contributed by atoms with Gasteiger partial charge in [-0.3, -0.25) is 4.79 Å². The summed E-state index contributed by atoms with van der Waals surface area (Å²) in [6, 6.07) is 7.87. The molecule has 1 aliphatic rings. The van der Waals surface area contributed by atoms with Crippen LogP contribution in [-0.2, 0) is 4.79 Å². The molecule has 4 heteroatoms. The fourth-order valence-electron chi connectivity index (χ4n) is 2.63. The van der Waals surface area contributed by atoms with Crippen molar-refractivity contribution in [2.24, 2.45) is 0 Å². The Bertz CT molecular complexity index is 423. The van der Waals surface area contributed by atoms with Crippen LogP contribution >= 0.6 is 0 Å². The van der Waals surface area contributed by atoms with Gasteiger partial charge in [0.15, 0.2) is 0 Å². The van der Waals surface area contributed by atoms with Gasteiger partial charge in [-0.15, -0.1) is 0 Å². The highest BCUT2D eigenvalue weighted by Gasteiger charge is 2.14. The summed E-state index contributed by atoms with van der Waals surface area (Å²) in [4.78, 5) is 14.2. The van der Waals surface area contributed by atoms with E-state index in [0.717, 1.165) is 37.4 Å². The number of nitrogens with zero attached hydrogens (tertiary/aromatic N) is 1. The van der Waals surface area contributed by atoms with E-state index in [-0.39, 0.29) is 5.91 Å². The van der Waals surface area contributed by atoms with Crippen LogP contribution < -0.4 is 10.1 Å². The van der Waals surface area contributed by atoms with Gasteiger partial charge in [-0.2, -0.15) is 0 Å². The largest absolute Gasteiger partial charge is 0.494 e. The molecule has 1 saturated heterocycles. The highest BCUT2D eigenvalue weighted by Crippen LogP contribution is 2.16. The standard InChI is InChI=1S/C17H26N2O2/c1-2-21-16-9-7-15(8-10-16)18-12-11-17(20)19-13-5-3-4-6-14-19/h7-10,18H,2-6,11-14H2,1H3. The van der Waals surface area contributed by atoms with E-state index in [0.29, 0.717) is 19.6 Å². The lowest BCUT2D eigenvalue weighted by Crippen LogP contribution is -2.32. The second kappa shape index (κ2) is 8.55. The summed E-state index contributed by atoms with van der Waals surface area (Å²) < 4.78 is 5.41. The van der Waals surface area contributed by atoms with E-state index in [1.165, 1.54) is 12.8 Å². The molecule has 2 rings (SSSR count). The molecule has 1 fully saturated rings. The van der Waals surface area contributed by atoms with E-state index in [2.05, 4.69) is 5.32 Å². The number of carbonyl (C=O) groups excluding carboxylic acids is 1. The quantitative estimate of drug-likeness (QED) is 0.874. The van der Waals surface area contributed by atoms with Crippen LogP contribution in [0, 0.1) is 0 Å². The predicted molar refractivity (Wildman–Crippen MR) is 85.8 cm³/mol. The molecule has 0 atom stereocenters. The van der Waals surface area contributed by atoms with Crippen molar-refractivity contribution in [3.63, 3.8) is 0 Å². The Balaban J connectivity index is 1.71. The van der Waals surface area contributed by atoms with Crippen LogP contribution in [0.1, 0.15) is 39.0 Å². The van der Waals surface area contributed by atoms with Crippen LogP contribution in [0.25, 0.3) is 0 Å². The van der Waals surface area contributed by atoms with Crippen molar-refractivity contribution < 1.29 is 9.53 Å². The van der Waals surface area contributed by atoms with Crippen molar-refractivity contribution in [3.8, 4) is 5.75 Å². The van der Waals surface area contributed by atoms with Gasteiger partial charge in [-0.05, 0) is 44.0 Å². The van der Waals surface area contributed by atoms with Crippen LogP contribution in [0.3, 0.4) is 0 Å². The minimum Gasteiger partial charge on any atom is -0.494 e. The molecule has 21 heavy (non-hydrogen) atoms. The Labute approximate surface area is 127 Å². The molecule has 0 spiro atoms. The molecule has 1 amide bonds. The van der Waals surface area contributed by atoms with E-state index in [1.807, 2.05) is 36.1 Å². The summed E-state index contributed by atoms with van der Waals surface area (Å²) in [7, 11) is 0. The van der Waals surface area contributed by atoms with E-state index in [1.54, 1.807) is 0 Å². The maximum Gasteiger partial charge on any atom is 0.224 e. The Kier molecular flexibility index (Phi) is 6.38. The Morgan fingerprint density at radius 2 is 1.81 bits per heavy atom. The molecule has 0 saturated carbocycles. The number of nitrogens with one attached hydrogen (secondary N) is 1. The Morgan fingerprint density at radius 1 is 1.14 bits per heavy atom. The maximum atomic E-state index is 12.1. The third-order valence-corrected chi connectivity index (χ3v) is 3.79. The molecule has 0 aliphatic carbocycles. The molecule has 0 aromatic heterocycles. The van der Waals surface area contributed by atoms with E-state index in [4.69, 9.17) is 4.74 Å². The molecule has 0 unspecified atom stereocenters. The van der Waals surface area contributed by atoms with Crippen LogP contribution in [0.2, 0.25) is 0 Å². The number of benzene rings is 1. The normalized spacial score (nSPS) is 15.4. The zero-order valence-corrected chi connectivity index (χ0v) is 12.9. The second-order valence-corrected chi connectivity index (χ2v) is 5.43. The van der Waals surface area contributed by atoms with Crippen molar-refractivity contribution >= 4 is 11.6 Å². The van der Waals surface area contributed by atoms with E-state index >= 15 is 0 Å². The highest BCUT2D eigenvalue weighted by atomic mass is 16.5. The highest BCUT2D eigenvalue weighted by molar-refractivity contribution is 5.76. The summed E-state index contributed by atoms with van der Waals surface area (Å²) in [5.41, 5.74) is 1.03. The molecule has 0 radical (unpaired) electrons. The van der Waals surface area contributed by atoms with Crippen molar-refractivity contribution in [1.82, 2.24) is 4.90 Å². The van der Waals surface area contributed by atoms with Crippen molar-refractivity contribution in [3.05, 3.63) is 24.3 Å². The molecule has 1 aromatic carbocycles. The Morgan fingerprint density at radius 3 is 2.43 bits per heavy atom. The van der Waals surface area contributed by atoms with Crippen LogP contribution in [0.15, 0.2) is 24.3 Å². The van der Waals surface area contributed by atoms with Gasteiger partial charge >= 0.3 is 0 Å². The van der Waals surface area contributed by atoms with Gasteiger partial charge in [0, 0.05) is 31.7 Å².